The van der Waals surface area contributed by atoms with Crippen molar-refractivity contribution in [2.45, 2.75) is 26.3 Å². The average molecular weight is 313 g/mol. The molecule has 6 heteroatoms. The molecule has 1 amide bonds. The zero-order chi connectivity index (χ0) is 16.1. The van der Waals surface area contributed by atoms with Gasteiger partial charge in [-0.1, -0.05) is 6.07 Å². The standard InChI is InChI=1S/C17H23N5O/c1-13-9-16(21-20-13)17(23)19-10-14-5-4-8-22(11-14)12-15-6-2-3-7-18-15/h2-3,6-7,9,14H,4-5,8,10-12H2,1H3,(H,19,23)(H,20,21). The molecule has 0 aliphatic carbocycles. The van der Waals surface area contributed by atoms with E-state index in [0.29, 0.717) is 18.2 Å². The van der Waals surface area contributed by atoms with Gasteiger partial charge in [0.2, 0.25) is 0 Å². The van der Waals surface area contributed by atoms with Gasteiger partial charge in [0.25, 0.3) is 5.91 Å². The zero-order valence-electron chi connectivity index (χ0n) is 13.5. The van der Waals surface area contributed by atoms with E-state index in [9.17, 15) is 4.79 Å². The van der Waals surface area contributed by atoms with Crippen LogP contribution in [0.3, 0.4) is 0 Å². The normalized spacial score (nSPS) is 18.7. The van der Waals surface area contributed by atoms with Crippen molar-refractivity contribution in [2.24, 2.45) is 5.92 Å². The molecule has 1 aliphatic rings. The Morgan fingerprint density at radius 2 is 2.39 bits per heavy atom. The summed E-state index contributed by atoms with van der Waals surface area (Å²) >= 11 is 0. The fraction of sp³-hybridized carbons (Fsp3) is 0.471. The first-order chi connectivity index (χ1) is 11.2. The van der Waals surface area contributed by atoms with Crippen molar-refractivity contribution in [3.63, 3.8) is 0 Å². The summed E-state index contributed by atoms with van der Waals surface area (Å²) in [7, 11) is 0. The minimum atomic E-state index is -0.101. The SMILES string of the molecule is Cc1cc(C(=O)NCC2CCCN(Cc3ccccn3)C2)n[nH]1. The van der Waals surface area contributed by atoms with Crippen LogP contribution in [0.2, 0.25) is 0 Å². The van der Waals surface area contributed by atoms with Gasteiger partial charge in [0, 0.05) is 31.5 Å². The van der Waals surface area contributed by atoms with Crippen LogP contribution in [0, 0.1) is 12.8 Å². The lowest BCUT2D eigenvalue weighted by Crippen LogP contribution is -2.40. The van der Waals surface area contributed by atoms with Crippen LogP contribution in [0.1, 0.15) is 34.7 Å². The first-order valence-corrected chi connectivity index (χ1v) is 8.13. The maximum atomic E-state index is 12.1. The summed E-state index contributed by atoms with van der Waals surface area (Å²) in [4.78, 5) is 18.9. The number of aromatic nitrogens is 3. The third-order valence-electron chi connectivity index (χ3n) is 4.20. The number of H-pyrrole nitrogens is 1. The number of rotatable bonds is 5. The second-order valence-corrected chi connectivity index (χ2v) is 6.21. The zero-order valence-corrected chi connectivity index (χ0v) is 13.5. The highest BCUT2D eigenvalue weighted by molar-refractivity contribution is 5.92. The topological polar surface area (TPSA) is 73.9 Å². The fourth-order valence-corrected chi connectivity index (χ4v) is 3.04. The Kier molecular flexibility index (Phi) is 5.02. The summed E-state index contributed by atoms with van der Waals surface area (Å²) in [5.41, 5.74) is 2.46. The molecule has 2 N–H and O–H groups in total. The van der Waals surface area contributed by atoms with E-state index < -0.39 is 0 Å². The highest BCUT2D eigenvalue weighted by atomic mass is 16.1. The second kappa shape index (κ2) is 7.37. The van der Waals surface area contributed by atoms with Crippen molar-refractivity contribution in [3.05, 3.63) is 47.5 Å². The Labute approximate surface area is 136 Å². The molecular weight excluding hydrogens is 290 g/mol. The number of carbonyl (C=O) groups excluding carboxylic acids is 1. The molecule has 122 valence electrons. The Hall–Kier alpha value is -2.21. The predicted molar refractivity (Wildman–Crippen MR) is 87.9 cm³/mol. The van der Waals surface area contributed by atoms with Crippen molar-refractivity contribution in [2.75, 3.05) is 19.6 Å². The number of aryl methyl sites for hydroxylation is 1. The second-order valence-electron chi connectivity index (χ2n) is 6.21. The molecule has 1 fully saturated rings. The lowest BCUT2D eigenvalue weighted by molar-refractivity contribution is 0.0925. The van der Waals surface area contributed by atoms with Gasteiger partial charge < -0.3 is 5.32 Å². The van der Waals surface area contributed by atoms with E-state index >= 15 is 0 Å². The minimum absolute atomic E-state index is 0.101. The molecule has 6 nitrogen and oxygen atoms in total. The average Bonchev–Trinajstić information content (AvgIpc) is 3.01. The quantitative estimate of drug-likeness (QED) is 0.882. The number of aromatic amines is 1. The first-order valence-electron chi connectivity index (χ1n) is 8.13. The van der Waals surface area contributed by atoms with E-state index in [1.165, 1.54) is 0 Å². The molecule has 23 heavy (non-hydrogen) atoms. The van der Waals surface area contributed by atoms with E-state index in [1.807, 2.05) is 25.3 Å². The maximum absolute atomic E-state index is 12.1. The maximum Gasteiger partial charge on any atom is 0.271 e. The highest BCUT2D eigenvalue weighted by Crippen LogP contribution is 2.17. The van der Waals surface area contributed by atoms with Gasteiger partial charge >= 0.3 is 0 Å². The molecule has 1 aliphatic heterocycles. The number of amides is 1. The van der Waals surface area contributed by atoms with Gasteiger partial charge in [-0.25, -0.2) is 0 Å². The number of hydrogen-bond acceptors (Lipinski definition) is 4. The molecule has 0 bridgehead atoms. The number of piperidine rings is 1. The van der Waals surface area contributed by atoms with E-state index in [1.54, 1.807) is 6.07 Å². The highest BCUT2D eigenvalue weighted by Gasteiger charge is 2.21. The lowest BCUT2D eigenvalue weighted by atomic mass is 9.97. The largest absolute Gasteiger partial charge is 0.350 e. The fourth-order valence-electron chi connectivity index (χ4n) is 3.04. The molecule has 1 atom stereocenters. The molecular formula is C17H23N5O. The van der Waals surface area contributed by atoms with E-state index in [4.69, 9.17) is 0 Å². The summed E-state index contributed by atoms with van der Waals surface area (Å²) in [5.74, 6) is 0.382. The Balaban J connectivity index is 1.48. The molecule has 3 heterocycles. The summed E-state index contributed by atoms with van der Waals surface area (Å²) in [6.45, 7) is 5.56. The Bertz CT molecular complexity index is 639. The summed E-state index contributed by atoms with van der Waals surface area (Å²) in [6.07, 6.45) is 4.15. The molecule has 3 rings (SSSR count). The molecule has 2 aromatic rings. The number of pyridine rings is 1. The molecule has 0 radical (unpaired) electrons. The summed E-state index contributed by atoms with van der Waals surface area (Å²) < 4.78 is 0. The number of carbonyl (C=O) groups is 1. The predicted octanol–water partition coefficient (Wildman–Crippen LogP) is 1.76. The van der Waals surface area contributed by atoms with Gasteiger partial charge in [-0.3, -0.25) is 19.8 Å². The van der Waals surface area contributed by atoms with Gasteiger partial charge in [0.05, 0.1) is 5.69 Å². The van der Waals surface area contributed by atoms with Crippen LogP contribution in [-0.2, 0) is 6.54 Å². The van der Waals surface area contributed by atoms with Gasteiger partial charge in [-0.05, 0) is 50.4 Å². The Morgan fingerprint density at radius 3 is 3.13 bits per heavy atom. The van der Waals surface area contributed by atoms with Crippen molar-refractivity contribution < 1.29 is 4.79 Å². The van der Waals surface area contributed by atoms with Crippen LogP contribution < -0.4 is 5.32 Å². The van der Waals surface area contributed by atoms with Crippen LogP contribution in [0.15, 0.2) is 30.5 Å². The van der Waals surface area contributed by atoms with Crippen LogP contribution in [0.5, 0.6) is 0 Å². The lowest BCUT2D eigenvalue weighted by Gasteiger charge is -2.32. The smallest absolute Gasteiger partial charge is 0.271 e. The van der Waals surface area contributed by atoms with Gasteiger partial charge in [0.15, 0.2) is 0 Å². The van der Waals surface area contributed by atoms with Crippen LogP contribution >= 0.6 is 0 Å². The number of likely N-dealkylation sites (tertiary alicyclic amines) is 1. The molecule has 1 saturated heterocycles. The van der Waals surface area contributed by atoms with E-state index in [2.05, 4.69) is 31.5 Å². The van der Waals surface area contributed by atoms with Gasteiger partial charge in [0.1, 0.15) is 5.69 Å². The monoisotopic (exact) mass is 313 g/mol. The van der Waals surface area contributed by atoms with E-state index in [-0.39, 0.29) is 5.91 Å². The van der Waals surface area contributed by atoms with Gasteiger partial charge in [-0.2, -0.15) is 5.10 Å². The van der Waals surface area contributed by atoms with Crippen molar-refractivity contribution in [3.8, 4) is 0 Å². The van der Waals surface area contributed by atoms with Crippen molar-refractivity contribution in [1.29, 1.82) is 0 Å². The number of hydrogen-bond donors (Lipinski definition) is 2. The van der Waals surface area contributed by atoms with Gasteiger partial charge in [-0.15, -0.1) is 0 Å². The molecule has 1 unspecified atom stereocenters. The third kappa shape index (κ3) is 4.39. The molecule has 0 saturated carbocycles. The summed E-state index contributed by atoms with van der Waals surface area (Å²) in [5, 5.41) is 9.79. The number of nitrogens with zero attached hydrogens (tertiary/aromatic N) is 3. The van der Waals surface area contributed by atoms with Crippen LogP contribution in [-0.4, -0.2) is 45.6 Å². The first kappa shape index (κ1) is 15.7. The number of nitrogens with one attached hydrogen (secondary N) is 2. The van der Waals surface area contributed by atoms with E-state index in [0.717, 1.165) is 43.9 Å². The minimum Gasteiger partial charge on any atom is -0.350 e. The third-order valence-corrected chi connectivity index (χ3v) is 4.20. The molecule has 0 spiro atoms. The molecule has 0 aromatic carbocycles. The van der Waals surface area contributed by atoms with Crippen molar-refractivity contribution in [1.82, 2.24) is 25.4 Å². The molecule has 2 aromatic heterocycles. The summed E-state index contributed by atoms with van der Waals surface area (Å²) in [6, 6.07) is 7.79. The van der Waals surface area contributed by atoms with Crippen LogP contribution in [0.25, 0.3) is 0 Å². The van der Waals surface area contributed by atoms with Crippen LogP contribution in [0.4, 0.5) is 0 Å². The van der Waals surface area contributed by atoms with Crippen molar-refractivity contribution >= 4 is 5.91 Å². The Morgan fingerprint density at radius 1 is 1.48 bits per heavy atom.